The lowest BCUT2D eigenvalue weighted by atomic mass is 9.90. The number of carbonyl (C=O) groups excluding carboxylic acids is 1. The predicted octanol–water partition coefficient (Wildman–Crippen LogP) is 3.87. The van der Waals surface area contributed by atoms with Gasteiger partial charge in [-0.15, -0.1) is 11.6 Å². The van der Waals surface area contributed by atoms with Crippen molar-refractivity contribution in [2.45, 2.75) is 70.1 Å². The second-order valence-corrected chi connectivity index (χ2v) is 6.00. The highest BCUT2D eigenvalue weighted by Crippen LogP contribution is 2.22. The molecule has 0 aromatic rings. The minimum atomic E-state index is 0.216. The van der Waals surface area contributed by atoms with E-state index in [9.17, 15) is 4.79 Å². The summed E-state index contributed by atoms with van der Waals surface area (Å²) in [7, 11) is 0. The fourth-order valence-corrected chi connectivity index (χ4v) is 2.61. The molecule has 3 heteroatoms. The first-order chi connectivity index (χ1) is 8.20. The molecule has 1 aliphatic carbocycles. The summed E-state index contributed by atoms with van der Waals surface area (Å²) in [6.07, 6.45) is 10.5. The molecule has 1 rings (SSSR count). The molecule has 0 spiro atoms. The van der Waals surface area contributed by atoms with Gasteiger partial charge >= 0.3 is 0 Å². The van der Waals surface area contributed by atoms with Crippen molar-refractivity contribution in [3.8, 4) is 0 Å². The maximum atomic E-state index is 12.0. The summed E-state index contributed by atoms with van der Waals surface area (Å²) in [5.74, 6) is 0.540. The minimum absolute atomic E-state index is 0.216. The molecule has 0 heterocycles. The Kier molecular flexibility index (Phi) is 7.67. The molecule has 1 fully saturated rings. The SMILES string of the molecule is CC(Cl)CCCNC(=O)C1CCCCCCC1. The van der Waals surface area contributed by atoms with Gasteiger partial charge in [-0.1, -0.05) is 32.1 Å². The molecule has 17 heavy (non-hydrogen) atoms. The minimum Gasteiger partial charge on any atom is -0.356 e. The van der Waals surface area contributed by atoms with E-state index >= 15 is 0 Å². The summed E-state index contributed by atoms with van der Waals surface area (Å²) in [6, 6.07) is 0. The number of hydrogen-bond donors (Lipinski definition) is 1. The number of carbonyl (C=O) groups is 1. The normalized spacial score (nSPS) is 20.4. The van der Waals surface area contributed by atoms with Crippen LogP contribution in [0.1, 0.15) is 64.7 Å². The van der Waals surface area contributed by atoms with Gasteiger partial charge in [-0.3, -0.25) is 4.79 Å². The number of nitrogens with one attached hydrogen (secondary N) is 1. The maximum Gasteiger partial charge on any atom is 0.223 e. The molecule has 1 aliphatic rings. The zero-order valence-corrected chi connectivity index (χ0v) is 11.8. The van der Waals surface area contributed by atoms with Crippen molar-refractivity contribution in [1.82, 2.24) is 5.32 Å². The van der Waals surface area contributed by atoms with Gasteiger partial charge in [0.25, 0.3) is 0 Å². The molecule has 1 saturated carbocycles. The topological polar surface area (TPSA) is 29.1 Å². The molecule has 0 aromatic carbocycles. The molecule has 1 unspecified atom stereocenters. The smallest absolute Gasteiger partial charge is 0.223 e. The van der Waals surface area contributed by atoms with Crippen LogP contribution in [-0.2, 0) is 4.79 Å². The van der Waals surface area contributed by atoms with E-state index in [0.717, 1.165) is 32.2 Å². The Balaban J connectivity index is 2.16. The van der Waals surface area contributed by atoms with Crippen LogP contribution in [0.3, 0.4) is 0 Å². The fourth-order valence-electron chi connectivity index (χ4n) is 2.46. The molecule has 0 saturated heterocycles. The van der Waals surface area contributed by atoms with Gasteiger partial charge in [0.05, 0.1) is 0 Å². The number of rotatable bonds is 5. The van der Waals surface area contributed by atoms with Crippen LogP contribution in [0.5, 0.6) is 0 Å². The first kappa shape index (κ1) is 14.8. The second-order valence-electron chi connectivity index (χ2n) is 5.26. The van der Waals surface area contributed by atoms with Crippen LogP contribution in [0, 0.1) is 5.92 Å². The number of alkyl halides is 1. The summed E-state index contributed by atoms with van der Waals surface area (Å²) in [5, 5.41) is 3.27. The molecule has 1 N–H and O–H groups in total. The van der Waals surface area contributed by atoms with Crippen LogP contribution in [0.15, 0.2) is 0 Å². The third kappa shape index (κ3) is 6.92. The van der Waals surface area contributed by atoms with Gasteiger partial charge in [-0.2, -0.15) is 0 Å². The van der Waals surface area contributed by atoms with Crippen LogP contribution in [0.25, 0.3) is 0 Å². The summed E-state index contributed by atoms with van der Waals surface area (Å²) in [5.41, 5.74) is 0. The van der Waals surface area contributed by atoms with Crippen LogP contribution in [0.2, 0.25) is 0 Å². The van der Waals surface area contributed by atoms with Crippen LogP contribution >= 0.6 is 11.6 Å². The Morgan fingerprint density at radius 3 is 2.41 bits per heavy atom. The van der Waals surface area contributed by atoms with Gasteiger partial charge in [-0.25, -0.2) is 0 Å². The molecule has 100 valence electrons. The number of amides is 1. The summed E-state index contributed by atoms with van der Waals surface area (Å²) in [6.45, 7) is 2.78. The van der Waals surface area contributed by atoms with Crippen LogP contribution < -0.4 is 5.32 Å². The van der Waals surface area contributed by atoms with E-state index in [-0.39, 0.29) is 17.2 Å². The van der Waals surface area contributed by atoms with Gasteiger partial charge in [0, 0.05) is 17.8 Å². The molecular formula is C14H26ClNO. The lowest BCUT2D eigenvalue weighted by molar-refractivity contribution is -0.125. The van der Waals surface area contributed by atoms with Gasteiger partial charge in [0.15, 0.2) is 0 Å². The number of hydrogen-bond acceptors (Lipinski definition) is 1. The zero-order chi connectivity index (χ0) is 12.5. The van der Waals surface area contributed by atoms with Crippen LogP contribution in [-0.4, -0.2) is 17.8 Å². The average molecular weight is 260 g/mol. The van der Waals surface area contributed by atoms with Crippen LogP contribution in [0.4, 0.5) is 0 Å². The van der Waals surface area contributed by atoms with E-state index < -0.39 is 0 Å². The van der Waals surface area contributed by atoms with Gasteiger partial charge in [0.1, 0.15) is 0 Å². The Bertz CT molecular complexity index is 210. The Labute approximate surface area is 110 Å². The van der Waals surface area contributed by atoms with E-state index in [1.54, 1.807) is 0 Å². The summed E-state index contributed by atoms with van der Waals surface area (Å²) in [4.78, 5) is 12.0. The van der Waals surface area contributed by atoms with E-state index in [0.29, 0.717) is 0 Å². The standard InChI is InChI=1S/C14H26ClNO/c1-12(15)8-7-11-16-14(17)13-9-5-3-2-4-6-10-13/h12-13H,2-11H2,1H3,(H,16,17). The second kappa shape index (κ2) is 8.79. The molecule has 1 atom stereocenters. The molecular weight excluding hydrogens is 234 g/mol. The lowest BCUT2D eigenvalue weighted by Gasteiger charge is -2.19. The largest absolute Gasteiger partial charge is 0.356 e. The van der Waals surface area contributed by atoms with Crippen molar-refractivity contribution in [2.75, 3.05) is 6.54 Å². The van der Waals surface area contributed by atoms with Crippen molar-refractivity contribution in [3.63, 3.8) is 0 Å². The van der Waals surface area contributed by atoms with Gasteiger partial charge in [-0.05, 0) is 32.6 Å². The first-order valence-corrected chi connectivity index (χ1v) is 7.55. The quantitative estimate of drug-likeness (QED) is 0.589. The van der Waals surface area contributed by atoms with Crippen molar-refractivity contribution in [1.29, 1.82) is 0 Å². The molecule has 0 aromatic heterocycles. The van der Waals surface area contributed by atoms with E-state index in [1.165, 1.54) is 32.1 Å². The van der Waals surface area contributed by atoms with E-state index in [2.05, 4.69) is 5.32 Å². The third-order valence-corrected chi connectivity index (χ3v) is 3.77. The number of halogens is 1. The summed E-state index contributed by atoms with van der Waals surface area (Å²) < 4.78 is 0. The monoisotopic (exact) mass is 259 g/mol. The molecule has 2 nitrogen and oxygen atoms in total. The Morgan fingerprint density at radius 1 is 1.24 bits per heavy atom. The zero-order valence-electron chi connectivity index (χ0n) is 11.0. The fraction of sp³-hybridized carbons (Fsp3) is 0.929. The maximum absolute atomic E-state index is 12.0. The highest BCUT2D eigenvalue weighted by atomic mass is 35.5. The molecule has 0 aliphatic heterocycles. The highest BCUT2D eigenvalue weighted by Gasteiger charge is 2.18. The highest BCUT2D eigenvalue weighted by molar-refractivity contribution is 6.20. The van der Waals surface area contributed by atoms with Crippen molar-refractivity contribution >= 4 is 17.5 Å². The van der Waals surface area contributed by atoms with Gasteiger partial charge in [0.2, 0.25) is 5.91 Å². The molecule has 1 amide bonds. The van der Waals surface area contributed by atoms with E-state index in [4.69, 9.17) is 11.6 Å². The first-order valence-electron chi connectivity index (χ1n) is 7.12. The molecule has 0 bridgehead atoms. The summed E-state index contributed by atoms with van der Waals surface area (Å²) >= 11 is 5.87. The molecule has 0 radical (unpaired) electrons. The van der Waals surface area contributed by atoms with Crippen molar-refractivity contribution in [3.05, 3.63) is 0 Å². The average Bonchev–Trinajstić information content (AvgIpc) is 2.23. The van der Waals surface area contributed by atoms with Gasteiger partial charge < -0.3 is 5.32 Å². The Morgan fingerprint density at radius 2 is 1.82 bits per heavy atom. The van der Waals surface area contributed by atoms with Crippen molar-refractivity contribution < 1.29 is 4.79 Å². The Hall–Kier alpha value is -0.240. The van der Waals surface area contributed by atoms with Crippen molar-refractivity contribution in [2.24, 2.45) is 5.92 Å². The van der Waals surface area contributed by atoms with E-state index in [1.807, 2.05) is 6.92 Å². The predicted molar refractivity (Wildman–Crippen MR) is 73.4 cm³/mol. The third-order valence-electron chi connectivity index (χ3n) is 3.55. The lowest BCUT2D eigenvalue weighted by Crippen LogP contribution is -2.32.